The van der Waals surface area contributed by atoms with Crippen molar-refractivity contribution in [3.63, 3.8) is 0 Å². The van der Waals surface area contributed by atoms with Gasteiger partial charge in [0.1, 0.15) is 6.10 Å². The van der Waals surface area contributed by atoms with Gasteiger partial charge in [-0.1, -0.05) is 13.8 Å². The summed E-state index contributed by atoms with van der Waals surface area (Å²) in [6.45, 7) is 4.59. The molecule has 4 rings (SSSR count). The zero-order valence-corrected chi connectivity index (χ0v) is 26.3. The minimum Gasteiger partial charge on any atom is -0.481 e. The van der Waals surface area contributed by atoms with Crippen LogP contribution >= 0.6 is 0 Å². The summed E-state index contributed by atoms with van der Waals surface area (Å²) < 4.78 is 5.76. The van der Waals surface area contributed by atoms with Gasteiger partial charge in [-0.3, -0.25) is 34.6 Å². The first kappa shape index (κ1) is 35.0. The lowest BCUT2D eigenvalue weighted by Gasteiger charge is -2.46. The Morgan fingerprint density at radius 3 is 1.69 bits per heavy atom. The molecule has 4 aliphatic rings. The molecule has 0 aromatic carbocycles. The molecule has 2 N–H and O–H groups in total. The number of carbonyl (C=O) groups excluding carboxylic acids is 1. The molecule has 4 fully saturated rings. The van der Waals surface area contributed by atoms with E-state index in [0.717, 1.165) is 38.5 Å². The van der Waals surface area contributed by atoms with Gasteiger partial charge in [0.05, 0.1) is 30.5 Å². The molecule has 6 unspecified atom stereocenters. The van der Waals surface area contributed by atoms with Crippen LogP contribution in [0.1, 0.15) is 104 Å². The van der Waals surface area contributed by atoms with Crippen LogP contribution in [0.2, 0.25) is 0 Å². The van der Waals surface area contributed by atoms with E-state index in [1.807, 2.05) is 0 Å². The number of hydrogen-bond donors (Lipinski definition) is 2. The summed E-state index contributed by atoms with van der Waals surface area (Å²) in [6.07, 6.45) is 6.94. The molecule has 14 heteroatoms. The Morgan fingerprint density at radius 2 is 1.18 bits per heavy atom. The fraction of sp³-hybridized carbons (Fsp3) is 0.903. The summed E-state index contributed by atoms with van der Waals surface area (Å²) in [6, 6.07) is -1.68. The third-order valence-corrected chi connectivity index (χ3v) is 11.5. The van der Waals surface area contributed by atoms with E-state index in [4.69, 9.17) is 14.5 Å². The molecule has 0 spiro atoms. The first-order chi connectivity index (χ1) is 21.3. The van der Waals surface area contributed by atoms with E-state index in [-0.39, 0.29) is 67.7 Å². The number of carbonyl (C=O) groups is 3. The maximum Gasteiger partial charge on any atom is 0.310 e. The highest BCUT2D eigenvalue weighted by Crippen LogP contribution is 2.49. The topological polar surface area (TPSA) is 206 Å². The molecular formula is C31H48N2O12. The summed E-state index contributed by atoms with van der Waals surface area (Å²) in [5.41, 5.74) is 0.0336. The summed E-state index contributed by atoms with van der Waals surface area (Å²) in [5.74, 6) is -4.91. The molecule has 0 radical (unpaired) electrons. The van der Waals surface area contributed by atoms with E-state index in [2.05, 4.69) is 13.8 Å². The molecule has 254 valence electrons. The summed E-state index contributed by atoms with van der Waals surface area (Å²) in [4.78, 5) is 69.2. The van der Waals surface area contributed by atoms with E-state index >= 15 is 0 Å². The molecule has 0 aliphatic heterocycles. The number of carboxylic acids is 2. The van der Waals surface area contributed by atoms with Gasteiger partial charge in [-0.15, -0.1) is 0 Å². The molecule has 0 bridgehead atoms. The van der Waals surface area contributed by atoms with Crippen LogP contribution < -0.4 is 0 Å². The van der Waals surface area contributed by atoms with Gasteiger partial charge >= 0.3 is 17.9 Å². The van der Waals surface area contributed by atoms with E-state index < -0.39 is 58.6 Å². The van der Waals surface area contributed by atoms with Crippen molar-refractivity contribution in [3.8, 4) is 0 Å². The number of esters is 1. The quantitative estimate of drug-likeness (QED) is 0.126. The van der Waals surface area contributed by atoms with Crippen molar-refractivity contribution in [2.24, 2.45) is 40.9 Å². The monoisotopic (exact) mass is 640 g/mol. The molecule has 4 aliphatic carbocycles. The van der Waals surface area contributed by atoms with Crippen molar-refractivity contribution in [2.75, 3.05) is 6.61 Å². The fourth-order valence-electron chi connectivity index (χ4n) is 8.47. The maximum atomic E-state index is 13.0. The first-order valence-electron chi connectivity index (χ1n) is 16.5. The van der Waals surface area contributed by atoms with E-state index in [0.29, 0.717) is 24.7 Å². The van der Waals surface area contributed by atoms with Crippen molar-refractivity contribution in [1.82, 2.24) is 0 Å². The van der Waals surface area contributed by atoms with Crippen LogP contribution in [0.3, 0.4) is 0 Å². The highest BCUT2D eigenvalue weighted by atomic mass is 17.2. The Bertz CT molecular complexity index is 1080. The molecule has 0 aromatic rings. The minimum absolute atomic E-state index is 0.0224. The zero-order chi connectivity index (χ0) is 32.9. The molecular weight excluding hydrogens is 592 g/mol. The Morgan fingerprint density at radius 1 is 0.689 bits per heavy atom. The zero-order valence-electron chi connectivity index (χ0n) is 26.3. The second-order valence-electron chi connectivity index (χ2n) is 14.3. The van der Waals surface area contributed by atoms with Gasteiger partial charge in [0.2, 0.25) is 12.1 Å². The SMILES string of the molecule is CC(C)(C1CCC(OOCC2CC([N+](=O)[O-])CCC2C(=O)O)CC1)C1CCC(OC(=O)C2CC([N+](=O)[O-])CCC2C(=O)O)CC1. The number of aliphatic carboxylic acids is 2. The minimum atomic E-state index is -1.11. The summed E-state index contributed by atoms with van der Waals surface area (Å²) in [5, 5.41) is 41.6. The predicted octanol–water partition coefficient (Wildman–Crippen LogP) is 4.91. The lowest BCUT2D eigenvalue weighted by Crippen LogP contribution is -2.43. The van der Waals surface area contributed by atoms with E-state index in [1.54, 1.807) is 0 Å². The second kappa shape index (κ2) is 15.1. The summed E-state index contributed by atoms with van der Waals surface area (Å²) >= 11 is 0. The van der Waals surface area contributed by atoms with E-state index in [9.17, 15) is 44.8 Å². The molecule has 6 atom stereocenters. The first-order valence-corrected chi connectivity index (χ1v) is 16.5. The van der Waals surface area contributed by atoms with Gasteiger partial charge in [0.25, 0.3) is 0 Å². The second-order valence-corrected chi connectivity index (χ2v) is 14.3. The Hall–Kier alpha value is -2.87. The molecule has 14 nitrogen and oxygen atoms in total. The predicted molar refractivity (Wildman–Crippen MR) is 157 cm³/mol. The Balaban J connectivity index is 1.20. The average Bonchev–Trinajstić information content (AvgIpc) is 3.01. The Kier molecular flexibility index (Phi) is 11.8. The van der Waals surface area contributed by atoms with Gasteiger partial charge in [0.15, 0.2) is 0 Å². The van der Waals surface area contributed by atoms with E-state index in [1.165, 1.54) is 0 Å². The number of rotatable bonds is 12. The van der Waals surface area contributed by atoms with Crippen LogP contribution in [-0.2, 0) is 28.9 Å². The van der Waals surface area contributed by atoms with Crippen molar-refractivity contribution in [2.45, 2.75) is 128 Å². The van der Waals surface area contributed by atoms with Crippen LogP contribution in [0.15, 0.2) is 0 Å². The van der Waals surface area contributed by atoms with Gasteiger partial charge in [-0.05, 0) is 81.5 Å². The van der Waals surface area contributed by atoms with Gasteiger partial charge in [-0.2, -0.15) is 0 Å². The molecule has 0 heterocycles. The fourth-order valence-corrected chi connectivity index (χ4v) is 8.47. The highest BCUT2D eigenvalue weighted by molar-refractivity contribution is 5.81. The molecule has 0 amide bonds. The average molecular weight is 641 g/mol. The number of nitrogens with zero attached hydrogens (tertiary/aromatic N) is 2. The van der Waals surface area contributed by atoms with Crippen LogP contribution in [0.4, 0.5) is 0 Å². The lowest BCUT2D eigenvalue weighted by molar-refractivity contribution is -0.529. The highest BCUT2D eigenvalue weighted by Gasteiger charge is 2.46. The number of nitro groups is 2. The van der Waals surface area contributed by atoms with Crippen molar-refractivity contribution in [3.05, 3.63) is 20.2 Å². The number of hydrogen-bond acceptors (Lipinski definition) is 10. The summed E-state index contributed by atoms with van der Waals surface area (Å²) in [7, 11) is 0. The largest absolute Gasteiger partial charge is 0.481 e. The van der Waals surface area contributed by atoms with Gasteiger partial charge in [0, 0.05) is 41.4 Å². The van der Waals surface area contributed by atoms with Crippen molar-refractivity contribution >= 4 is 17.9 Å². The number of ether oxygens (including phenoxy) is 1. The standard InChI is InChI=1S/C31H48N2O12/c1-31(2,19-3-9-23(10-4-19)44-30(38)27-16-22(33(41)42)8-14-26(27)29(36)37)20-5-11-24(12-6-20)45-43-17-18-15-21(32(39)40)7-13-25(18)28(34)35/h18-27H,3-17H2,1-2H3,(H,34,35)(H,36,37). The van der Waals surface area contributed by atoms with Crippen molar-refractivity contribution < 1.29 is 49.0 Å². The maximum absolute atomic E-state index is 13.0. The third-order valence-electron chi connectivity index (χ3n) is 11.5. The molecule has 45 heavy (non-hydrogen) atoms. The Labute approximate surface area is 262 Å². The van der Waals surface area contributed by atoms with Gasteiger partial charge in [-0.25, -0.2) is 9.78 Å². The molecule has 0 saturated heterocycles. The number of carboxylic acid groups (broad SMARTS) is 2. The van der Waals surface area contributed by atoms with Crippen LogP contribution in [0.5, 0.6) is 0 Å². The third kappa shape index (κ3) is 8.69. The van der Waals surface area contributed by atoms with Crippen LogP contribution in [0.25, 0.3) is 0 Å². The smallest absolute Gasteiger partial charge is 0.310 e. The molecule has 4 saturated carbocycles. The van der Waals surface area contributed by atoms with Crippen LogP contribution in [0, 0.1) is 61.2 Å². The normalized spacial score (nSPS) is 36.0. The molecule has 0 aromatic heterocycles. The van der Waals surface area contributed by atoms with Crippen molar-refractivity contribution in [1.29, 1.82) is 0 Å². The van der Waals surface area contributed by atoms with Gasteiger partial charge < -0.3 is 14.9 Å². The van der Waals surface area contributed by atoms with Crippen LogP contribution in [-0.4, -0.2) is 68.9 Å². The lowest BCUT2D eigenvalue weighted by atomic mass is 9.60.